The molecule has 4 heteroatoms. The molecule has 1 aromatic rings. The lowest BCUT2D eigenvalue weighted by Crippen LogP contribution is -2.39. The van der Waals surface area contributed by atoms with Crippen LogP contribution < -0.4 is 0 Å². The quantitative estimate of drug-likeness (QED) is 0.846. The summed E-state index contributed by atoms with van der Waals surface area (Å²) < 4.78 is 0. The van der Waals surface area contributed by atoms with Crippen LogP contribution in [0.15, 0.2) is 18.2 Å². The second-order valence-corrected chi connectivity index (χ2v) is 5.50. The van der Waals surface area contributed by atoms with E-state index in [9.17, 15) is 14.7 Å². The standard InChI is InChI=1S/C15H19NO3/c1-9(2)6-13(17)11-5-4-10-8-14(18)16(3)15(19)12(10)7-11/h4-5,7,9,13,17H,6,8H2,1-3H3. The minimum absolute atomic E-state index is 0.187. The highest BCUT2D eigenvalue weighted by molar-refractivity contribution is 6.09. The van der Waals surface area contributed by atoms with Gasteiger partial charge < -0.3 is 5.11 Å². The molecule has 0 aliphatic carbocycles. The van der Waals surface area contributed by atoms with Gasteiger partial charge in [0.25, 0.3) is 5.91 Å². The maximum atomic E-state index is 12.0. The summed E-state index contributed by atoms with van der Waals surface area (Å²) in [5, 5.41) is 10.1. The van der Waals surface area contributed by atoms with Gasteiger partial charge in [0.1, 0.15) is 0 Å². The van der Waals surface area contributed by atoms with Crippen LogP contribution in [0, 0.1) is 5.92 Å². The Bertz CT molecular complexity index is 522. The second kappa shape index (κ2) is 5.13. The molecule has 1 aliphatic heterocycles. The van der Waals surface area contributed by atoms with Gasteiger partial charge in [0, 0.05) is 12.6 Å². The average molecular weight is 261 g/mol. The van der Waals surface area contributed by atoms with Gasteiger partial charge in [-0.15, -0.1) is 0 Å². The first-order valence-electron chi connectivity index (χ1n) is 6.52. The maximum absolute atomic E-state index is 12.0. The molecule has 0 saturated heterocycles. The van der Waals surface area contributed by atoms with Gasteiger partial charge in [0.2, 0.25) is 5.91 Å². The summed E-state index contributed by atoms with van der Waals surface area (Å²) in [5.74, 6) is -0.0937. The molecule has 0 bridgehead atoms. The SMILES string of the molecule is CC(C)CC(O)c1ccc2c(c1)C(=O)N(C)C(=O)C2. The molecule has 0 spiro atoms. The molecule has 0 fully saturated rings. The largest absolute Gasteiger partial charge is 0.388 e. The van der Waals surface area contributed by atoms with Crippen molar-refractivity contribution < 1.29 is 14.7 Å². The lowest BCUT2D eigenvalue weighted by molar-refractivity contribution is -0.127. The van der Waals surface area contributed by atoms with Gasteiger partial charge in [-0.1, -0.05) is 26.0 Å². The molecule has 1 N–H and O–H groups in total. The van der Waals surface area contributed by atoms with Crippen molar-refractivity contribution in [3.05, 3.63) is 34.9 Å². The third-order valence-electron chi connectivity index (χ3n) is 3.46. The minimum atomic E-state index is -0.568. The molecular formula is C15H19NO3. The Hall–Kier alpha value is -1.68. The Kier molecular flexibility index (Phi) is 3.71. The summed E-state index contributed by atoms with van der Waals surface area (Å²) >= 11 is 0. The molecule has 0 radical (unpaired) electrons. The van der Waals surface area contributed by atoms with Crippen LogP contribution in [0.25, 0.3) is 0 Å². The van der Waals surface area contributed by atoms with Crippen LogP contribution >= 0.6 is 0 Å². The summed E-state index contributed by atoms with van der Waals surface area (Å²) in [7, 11) is 1.49. The first-order valence-corrected chi connectivity index (χ1v) is 6.52. The number of aliphatic hydroxyl groups is 1. The number of carbonyl (C=O) groups is 2. The normalized spacial score (nSPS) is 16.8. The lowest BCUT2D eigenvalue weighted by atomic mass is 9.92. The van der Waals surface area contributed by atoms with Crippen LogP contribution in [0.3, 0.4) is 0 Å². The van der Waals surface area contributed by atoms with Crippen LogP contribution in [0.1, 0.15) is 47.9 Å². The third-order valence-corrected chi connectivity index (χ3v) is 3.46. The highest BCUT2D eigenvalue weighted by Gasteiger charge is 2.28. The van der Waals surface area contributed by atoms with E-state index < -0.39 is 6.10 Å². The average Bonchev–Trinajstić information content (AvgIpc) is 2.35. The van der Waals surface area contributed by atoms with Gasteiger partial charge in [0.15, 0.2) is 0 Å². The number of fused-ring (bicyclic) bond motifs is 1. The molecule has 1 heterocycles. The summed E-state index contributed by atoms with van der Waals surface area (Å²) in [6.07, 6.45) is 0.334. The monoisotopic (exact) mass is 261 g/mol. The summed E-state index contributed by atoms with van der Waals surface area (Å²) in [4.78, 5) is 24.8. The van der Waals surface area contributed by atoms with Crippen molar-refractivity contribution in [2.75, 3.05) is 7.05 Å². The fourth-order valence-corrected chi connectivity index (χ4v) is 2.31. The van der Waals surface area contributed by atoms with Crippen molar-refractivity contribution in [2.45, 2.75) is 32.8 Å². The first-order chi connectivity index (χ1) is 8.90. The van der Waals surface area contributed by atoms with Gasteiger partial charge in [0.05, 0.1) is 12.5 Å². The Morgan fingerprint density at radius 2 is 2.00 bits per heavy atom. The number of aliphatic hydroxyl groups excluding tert-OH is 1. The highest BCUT2D eigenvalue weighted by atomic mass is 16.3. The fraction of sp³-hybridized carbons (Fsp3) is 0.467. The van der Waals surface area contributed by atoms with E-state index in [1.807, 2.05) is 13.8 Å². The van der Waals surface area contributed by atoms with E-state index in [1.165, 1.54) is 7.05 Å². The van der Waals surface area contributed by atoms with Crippen molar-refractivity contribution in [3.63, 3.8) is 0 Å². The smallest absolute Gasteiger partial charge is 0.260 e. The van der Waals surface area contributed by atoms with E-state index in [1.54, 1.807) is 18.2 Å². The summed E-state index contributed by atoms with van der Waals surface area (Å²) in [6, 6.07) is 5.29. The number of carbonyl (C=O) groups excluding carboxylic acids is 2. The molecule has 102 valence electrons. The lowest BCUT2D eigenvalue weighted by Gasteiger charge is -2.24. The zero-order valence-corrected chi connectivity index (χ0v) is 11.5. The van der Waals surface area contributed by atoms with Crippen molar-refractivity contribution in [2.24, 2.45) is 5.92 Å². The Labute approximate surface area is 113 Å². The fourth-order valence-electron chi connectivity index (χ4n) is 2.31. The van der Waals surface area contributed by atoms with Gasteiger partial charge in [-0.2, -0.15) is 0 Å². The van der Waals surface area contributed by atoms with Gasteiger partial charge in [-0.05, 0) is 29.5 Å². The van der Waals surface area contributed by atoms with E-state index >= 15 is 0 Å². The number of imide groups is 1. The summed E-state index contributed by atoms with van der Waals surface area (Å²) in [6.45, 7) is 4.08. The zero-order valence-electron chi connectivity index (χ0n) is 11.5. The van der Waals surface area contributed by atoms with Crippen LogP contribution in [-0.2, 0) is 11.2 Å². The number of nitrogens with zero attached hydrogens (tertiary/aromatic N) is 1. The van der Waals surface area contributed by atoms with E-state index in [0.29, 0.717) is 17.9 Å². The molecule has 1 atom stereocenters. The van der Waals surface area contributed by atoms with Crippen molar-refractivity contribution in [1.82, 2.24) is 4.90 Å². The predicted octanol–water partition coefficient (Wildman–Crippen LogP) is 1.92. The van der Waals surface area contributed by atoms with Crippen LogP contribution in [0.5, 0.6) is 0 Å². The number of hydrogen-bond acceptors (Lipinski definition) is 3. The molecule has 1 aromatic carbocycles. The Morgan fingerprint density at radius 1 is 1.32 bits per heavy atom. The second-order valence-electron chi connectivity index (χ2n) is 5.50. The molecule has 0 saturated carbocycles. The van der Waals surface area contributed by atoms with E-state index in [-0.39, 0.29) is 18.2 Å². The molecule has 2 rings (SSSR count). The molecular weight excluding hydrogens is 242 g/mol. The summed E-state index contributed by atoms with van der Waals surface area (Å²) in [5.41, 5.74) is 2.01. The highest BCUT2D eigenvalue weighted by Crippen LogP contribution is 2.26. The Balaban J connectivity index is 2.33. The third kappa shape index (κ3) is 2.68. The van der Waals surface area contributed by atoms with Crippen molar-refractivity contribution >= 4 is 11.8 Å². The van der Waals surface area contributed by atoms with Crippen LogP contribution in [0.2, 0.25) is 0 Å². The van der Waals surface area contributed by atoms with Crippen LogP contribution in [0.4, 0.5) is 0 Å². The number of rotatable bonds is 3. The van der Waals surface area contributed by atoms with E-state index in [0.717, 1.165) is 16.0 Å². The van der Waals surface area contributed by atoms with Gasteiger partial charge >= 0.3 is 0 Å². The number of amides is 2. The zero-order chi connectivity index (χ0) is 14.2. The topological polar surface area (TPSA) is 57.6 Å². The number of benzene rings is 1. The number of likely N-dealkylation sites (N-methyl/N-ethyl adjacent to an activating group) is 1. The first kappa shape index (κ1) is 13.7. The van der Waals surface area contributed by atoms with Crippen LogP contribution in [-0.4, -0.2) is 28.9 Å². The maximum Gasteiger partial charge on any atom is 0.260 e. The van der Waals surface area contributed by atoms with Crippen molar-refractivity contribution in [3.8, 4) is 0 Å². The van der Waals surface area contributed by atoms with Gasteiger partial charge in [-0.25, -0.2) is 0 Å². The Morgan fingerprint density at radius 3 is 2.63 bits per heavy atom. The molecule has 1 unspecified atom stereocenters. The molecule has 0 aromatic heterocycles. The van der Waals surface area contributed by atoms with Gasteiger partial charge in [-0.3, -0.25) is 14.5 Å². The number of hydrogen-bond donors (Lipinski definition) is 1. The molecule has 2 amide bonds. The molecule has 19 heavy (non-hydrogen) atoms. The predicted molar refractivity (Wildman–Crippen MR) is 71.7 cm³/mol. The molecule has 1 aliphatic rings. The molecule has 4 nitrogen and oxygen atoms in total. The van der Waals surface area contributed by atoms with Crippen molar-refractivity contribution in [1.29, 1.82) is 0 Å². The minimum Gasteiger partial charge on any atom is -0.388 e. The van der Waals surface area contributed by atoms with E-state index in [4.69, 9.17) is 0 Å². The van der Waals surface area contributed by atoms with E-state index in [2.05, 4.69) is 0 Å².